The van der Waals surface area contributed by atoms with Crippen molar-refractivity contribution in [1.82, 2.24) is 15.5 Å². The van der Waals surface area contributed by atoms with Gasteiger partial charge in [-0.15, -0.1) is 0 Å². The number of carbonyl (C=O) groups excluding carboxylic acids is 1. The van der Waals surface area contributed by atoms with E-state index >= 15 is 0 Å². The predicted octanol–water partition coefficient (Wildman–Crippen LogP) is 4.37. The van der Waals surface area contributed by atoms with E-state index in [0.717, 1.165) is 36.4 Å². The van der Waals surface area contributed by atoms with Gasteiger partial charge in [-0.2, -0.15) is 4.98 Å². The highest BCUT2D eigenvalue weighted by atomic mass is 16.5. The third-order valence-electron chi connectivity index (χ3n) is 4.84. The second kappa shape index (κ2) is 8.03. The highest BCUT2D eigenvalue weighted by Crippen LogP contribution is 2.36. The molecule has 2 N–H and O–H groups in total. The number of urea groups is 1. The van der Waals surface area contributed by atoms with Gasteiger partial charge in [-0.05, 0) is 49.1 Å². The first-order chi connectivity index (χ1) is 13.3. The van der Waals surface area contributed by atoms with Crippen molar-refractivity contribution in [2.75, 3.05) is 11.9 Å². The van der Waals surface area contributed by atoms with E-state index in [1.165, 1.54) is 12.0 Å². The fourth-order valence-electron chi connectivity index (χ4n) is 3.02. The molecule has 4 rings (SSSR count). The van der Waals surface area contributed by atoms with Crippen LogP contribution in [0.15, 0.2) is 59.1 Å². The van der Waals surface area contributed by atoms with Gasteiger partial charge in [0.1, 0.15) is 0 Å². The maximum absolute atomic E-state index is 12.0. The lowest BCUT2D eigenvalue weighted by Crippen LogP contribution is -2.30. The van der Waals surface area contributed by atoms with Crippen LogP contribution in [-0.2, 0) is 6.42 Å². The molecule has 2 amide bonds. The second-order valence-electron chi connectivity index (χ2n) is 6.78. The van der Waals surface area contributed by atoms with Gasteiger partial charge in [0, 0.05) is 23.7 Å². The summed E-state index contributed by atoms with van der Waals surface area (Å²) < 4.78 is 5.36. The third kappa shape index (κ3) is 4.34. The van der Waals surface area contributed by atoms with Crippen LogP contribution in [-0.4, -0.2) is 22.7 Å². The Bertz CT molecular complexity index is 886. The second-order valence-corrected chi connectivity index (χ2v) is 6.78. The summed E-state index contributed by atoms with van der Waals surface area (Å²) in [6, 6.07) is 17.3. The van der Waals surface area contributed by atoms with Gasteiger partial charge < -0.3 is 15.2 Å². The van der Waals surface area contributed by atoms with Crippen LogP contribution >= 0.6 is 0 Å². The average Bonchev–Trinajstić information content (AvgIpc) is 3.11. The van der Waals surface area contributed by atoms with Crippen molar-refractivity contribution in [2.24, 2.45) is 0 Å². The molecule has 0 spiro atoms. The van der Waals surface area contributed by atoms with E-state index in [1.54, 1.807) is 0 Å². The van der Waals surface area contributed by atoms with Crippen LogP contribution in [0, 0.1) is 0 Å². The summed E-state index contributed by atoms with van der Waals surface area (Å²) in [6.07, 6.45) is 4.29. The van der Waals surface area contributed by atoms with E-state index in [4.69, 9.17) is 4.52 Å². The van der Waals surface area contributed by atoms with Crippen molar-refractivity contribution in [3.8, 4) is 11.4 Å². The van der Waals surface area contributed by atoms with Crippen molar-refractivity contribution in [3.63, 3.8) is 0 Å². The van der Waals surface area contributed by atoms with Crippen molar-refractivity contribution in [3.05, 3.63) is 66.1 Å². The van der Waals surface area contributed by atoms with E-state index in [9.17, 15) is 4.79 Å². The zero-order chi connectivity index (χ0) is 18.5. The molecule has 1 heterocycles. The molecular formula is C21H22N4O2. The molecule has 2 aromatic carbocycles. The first-order valence-corrected chi connectivity index (χ1v) is 9.31. The molecule has 0 aliphatic heterocycles. The standard InChI is InChI=1S/C21H22N4O2/c26-21(22-14-13-15-5-2-1-3-6-15)23-18-11-9-16(10-12-18)19-24-20(27-25-19)17-7-4-8-17/h1-3,5-6,9-12,17H,4,7-8,13-14H2,(H2,22,23,26). The monoisotopic (exact) mass is 362 g/mol. The van der Waals surface area contributed by atoms with Crippen LogP contribution in [0.2, 0.25) is 0 Å². The molecule has 0 unspecified atom stereocenters. The summed E-state index contributed by atoms with van der Waals surface area (Å²) in [5.74, 6) is 1.75. The Kier molecular flexibility index (Phi) is 5.14. The fourth-order valence-corrected chi connectivity index (χ4v) is 3.02. The van der Waals surface area contributed by atoms with Crippen LogP contribution in [0.3, 0.4) is 0 Å². The smallest absolute Gasteiger partial charge is 0.319 e. The third-order valence-corrected chi connectivity index (χ3v) is 4.84. The Morgan fingerprint density at radius 1 is 1.07 bits per heavy atom. The molecular weight excluding hydrogens is 340 g/mol. The number of aromatic nitrogens is 2. The number of nitrogens with zero attached hydrogens (tertiary/aromatic N) is 2. The maximum Gasteiger partial charge on any atom is 0.319 e. The molecule has 1 aromatic heterocycles. The minimum atomic E-state index is -0.217. The molecule has 0 bridgehead atoms. The first-order valence-electron chi connectivity index (χ1n) is 9.31. The molecule has 6 heteroatoms. The maximum atomic E-state index is 12.0. The molecule has 6 nitrogen and oxygen atoms in total. The summed E-state index contributed by atoms with van der Waals surface area (Å²) in [5, 5.41) is 9.76. The highest BCUT2D eigenvalue weighted by molar-refractivity contribution is 5.89. The minimum Gasteiger partial charge on any atom is -0.339 e. The van der Waals surface area contributed by atoms with E-state index in [-0.39, 0.29) is 6.03 Å². The number of amides is 2. The van der Waals surface area contributed by atoms with Gasteiger partial charge in [0.15, 0.2) is 0 Å². The number of hydrogen-bond acceptors (Lipinski definition) is 4. The van der Waals surface area contributed by atoms with E-state index in [0.29, 0.717) is 18.3 Å². The van der Waals surface area contributed by atoms with Crippen LogP contribution in [0.25, 0.3) is 11.4 Å². The summed E-state index contributed by atoms with van der Waals surface area (Å²) in [4.78, 5) is 16.5. The largest absolute Gasteiger partial charge is 0.339 e. The van der Waals surface area contributed by atoms with Crippen LogP contribution in [0.4, 0.5) is 10.5 Å². The number of benzene rings is 2. The van der Waals surface area contributed by atoms with Gasteiger partial charge in [0.2, 0.25) is 11.7 Å². The first kappa shape index (κ1) is 17.3. The Hall–Kier alpha value is -3.15. The van der Waals surface area contributed by atoms with Gasteiger partial charge in [0.05, 0.1) is 0 Å². The lowest BCUT2D eigenvalue weighted by molar-refractivity contribution is 0.252. The van der Waals surface area contributed by atoms with Crippen molar-refractivity contribution < 1.29 is 9.32 Å². The summed E-state index contributed by atoms with van der Waals surface area (Å²) in [5.41, 5.74) is 2.79. The lowest BCUT2D eigenvalue weighted by atomic mass is 9.85. The quantitative estimate of drug-likeness (QED) is 0.682. The topological polar surface area (TPSA) is 80.0 Å². The van der Waals surface area contributed by atoms with E-state index in [2.05, 4.69) is 20.8 Å². The normalized spacial score (nSPS) is 13.8. The highest BCUT2D eigenvalue weighted by Gasteiger charge is 2.25. The molecule has 1 saturated carbocycles. The van der Waals surface area contributed by atoms with Crippen LogP contribution < -0.4 is 10.6 Å². The number of carbonyl (C=O) groups is 1. The Morgan fingerprint density at radius 2 is 1.85 bits per heavy atom. The number of hydrogen-bond donors (Lipinski definition) is 2. The molecule has 0 radical (unpaired) electrons. The fraction of sp³-hybridized carbons (Fsp3) is 0.286. The van der Waals surface area contributed by atoms with Crippen LogP contribution in [0.1, 0.15) is 36.6 Å². The molecule has 3 aromatic rings. The number of rotatable bonds is 6. The van der Waals surface area contributed by atoms with Gasteiger partial charge in [-0.25, -0.2) is 4.79 Å². The number of anilines is 1. The van der Waals surface area contributed by atoms with Crippen molar-refractivity contribution in [1.29, 1.82) is 0 Å². The van der Waals surface area contributed by atoms with Crippen LogP contribution in [0.5, 0.6) is 0 Å². The summed E-state index contributed by atoms with van der Waals surface area (Å²) in [6.45, 7) is 0.584. The molecule has 1 aliphatic carbocycles. The molecule has 1 fully saturated rings. The van der Waals surface area contributed by atoms with E-state index in [1.807, 2.05) is 54.6 Å². The Morgan fingerprint density at radius 3 is 2.56 bits per heavy atom. The van der Waals surface area contributed by atoms with Gasteiger partial charge in [0.25, 0.3) is 0 Å². The molecule has 27 heavy (non-hydrogen) atoms. The molecule has 0 atom stereocenters. The van der Waals surface area contributed by atoms with Crippen molar-refractivity contribution in [2.45, 2.75) is 31.6 Å². The number of nitrogens with one attached hydrogen (secondary N) is 2. The molecule has 1 aliphatic rings. The SMILES string of the molecule is O=C(NCCc1ccccc1)Nc1ccc(-c2noc(C3CCC3)n2)cc1. The van der Waals surface area contributed by atoms with Gasteiger partial charge >= 0.3 is 6.03 Å². The molecule has 0 saturated heterocycles. The minimum absolute atomic E-state index is 0.217. The predicted molar refractivity (Wildman–Crippen MR) is 103 cm³/mol. The lowest BCUT2D eigenvalue weighted by Gasteiger charge is -2.20. The Labute approximate surface area is 158 Å². The Balaban J connectivity index is 1.28. The molecule has 138 valence electrons. The zero-order valence-corrected chi connectivity index (χ0v) is 15.0. The van der Waals surface area contributed by atoms with Crippen molar-refractivity contribution >= 4 is 11.7 Å². The summed E-state index contributed by atoms with van der Waals surface area (Å²) >= 11 is 0. The van der Waals surface area contributed by atoms with Gasteiger partial charge in [-0.1, -0.05) is 41.9 Å². The van der Waals surface area contributed by atoms with E-state index < -0.39 is 0 Å². The zero-order valence-electron chi connectivity index (χ0n) is 15.0. The summed E-state index contributed by atoms with van der Waals surface area (Å²) in [7, 11) is 0. The average molecular weight is 362 g/mol. The van der Waals surface area contributed by atoms with Gasteiger partial charge in [-0.3, -0.25) is 0 Å².